The first-order valence-corrected chi connectivity index (χ1v) is 15.2. The van der Waals surface area contributed by atoms with Gasteiger partial charge in [0.05, 0.1) is 16.8 Å². The molecule has 0 atom stereocenters. The van der Waals surface area contributed by atoms with Gasteiger partial charge in [-0.2, -0.15) is 0 Å². The van der Waals surface area contributed by atoms with E-state index in [1.807, 2.05) is 66.7 Å². The largest absolute Gasteiger partial charge is 0.321 e. The Morgan fingerprint density at radius 2 is 1.36 bits per heavy atom. The average molecular weight is 616 g/mol. The molecule has 1 heterocycles. The van der Waals surface area contributed by atoms with Gasteiger partial charge in [-0.15, -0.1) is 11.8 Å². The molecule has 1 aromatic heterocycles. The predicted octanol–water partition coefficient (Wildman–Crippen LogP) is 8.29. The number of thioether (sulfide) groups is 1. The zero-order valence-electron chi connectivity index (χ0n) is 23.4. The van der Waals surface area contributed by atoms with Gasteiger partial charge >= 0.3 is 0 Å². The Labute approximate surface area is 263 Å². The van der Waals surface area contributed by atoms with Crippen molar-refractivity contribution in [1.29, 1.82) is 0 Å². The lowest BCUT2D eigenvalue weighted by Crippen LogP contribution is -2.30. The maximum absolute atomic E-state index is 13.5. The smallest absolute Gasteiger partial charge is 0.272 e. The number of fused-ring (bicyclic) bond motifs is 3. The highest BCUT2D eigenvalue weighted by Crippen LogP contribution is 2.30. The lowest BCUT2D eigenvalue weighted by atomic mass is 10.1. The number of rotatable bonds is 8. The topological polar surface area (TPSA) is 80.2 Å². The van der Waals surface area contributed by atoms with Crippen molar-refractivity contribution in [1.82, 2.24) is 9.88 Å². The van der Waals surface area contributed by atoms with Crippen LogP contribution in [0.1, 0.15) is 20.7 Å². The summed E-state index contributed by atoms with van der Waals surface area (Å²) in [5.74, 6) is -0.787. The number of anilines is 1. The highest BCUT2D eigenvalue weighted by Gasteiger charge is 2.18. The van der Waals surface area contributed by atoms with E-state index in [1.165, 1.54) is 11.8 Å². The first kappa shape index (κ1) is 29.0. The zero-order valence-corrected chi connectivity index (χ0v) is 24.9. The molecule has 0 saturated carbocycles. The van der Waals surface area contributed by atoms with Crippen molar-refractivity contribution in [3.63, 3.8) is 0 Å². The summed E-state index contributed by atoms with van der Waals surface area (Å²) in [5.41, 5.74) is 3.29. The van der Waals surface area contributed by atoms with Crippen LogP contribution in [0.2, 0.25) is 5.02 Å². The standard InChI is InChI=1S/C36H26ClN3O3S/c37-30-18-7-4-13-25(30)21-31(39-35(42)24-11-2-1-3-12-24)36(43)38-26-14-10-15-27(22-26)44-23-34(41)40-32-19-8-5-16-28(32)29-17-6-9-20-33(29)40/h1-22H,23H2,(H,38,43)(H,39,42)/b31-21-. The lowest BCUT2D eigenvalue weighted by Gasteiger charge is -2.13. The van der Waals surface area contributed by atoms with E-state index >= 15 is 0 Å². The van der Waals surface area contributed by atoms with Crippen molar-refractivity contribution in [2.75, 3.05) is 11.1 Å². The van der Waals surface area contributed by atoms with E-state index < -0.39 is 11.8 Å². The van der Waals surface area contributed by atoms with Crippen molar-refractivity contribution in [2.45, 2.75) is 4.90 Å². The van der Waals surface area contributed by atoms with Gasteiger partial charge in [0.1, 0.15) is 5.70 Å². The minimum absolute atomic E-state index is 0.0338. The van der Waals surface area contributed by atoms with Crippen LogP contribution in [0.5, 0.6) is 0 Å². The Morgan fingerprint density at radius 3 is 2.07 bits per heavy atom. The number of aromatic nitrogens is 1. The van der Waals surface area contributed by atoms with Gasteiger partial charge in [0, 0.05) is 31.9 Å². The number of benzene rings is 5. The normalized spacial score (nSPS) is 11.4. The second kappa shape index (κ2) is 13.0. The van der Waals surface area contributed by atoms with Gasteiger partial charge in [0.25, 0.3) is 11.8 Å². The highest BCUT2D eigenvalue weighted by atomic mass is 35.5. The molecule has 0 aliphatic rings. The number of nitrogens with one attached hydrogen (secondary N) is 2. The van der Waals surface area contributed by atoms with Gasteiger partial charge in [0.2, 0.25) is 5.91 Å². The molecule has 0 unspecified atom stereocenters. The molecule has 6 rings (SSSR count). The monoisotopic (exact) mass is 615 g/mol. The number of nitrogens with zero attached hydrogens (tertiary/aromatic N) is 1. The fraction of sp³-hybridized carbons (Fsp3) is 0.0278. The summed E-state index contributed by atoms with van der Waals surface area (Å²) in [5, 5.41) is 8.11. The minimum atomic E-state index is -0.516. The molecule has 5 aromatic carbocycles. The first-order valence-electron chi connectivity index (χ1n) is 13.9. The number of hydrogen-bond acceptors (Lipinski definition) is 4. The molecular formula is C36H26ClN3O3S. The Hall–Kier alpha value is -5.11. The Bertz CT molecular complexity index is 2000. The quantitative estimate of drug-likeness (QED) is 0.133. The van der Waals surface area contributed by atoms with Crippen molar-refractivity contribution < 1.29 is 14.4 Å². The predicted molar refractivity (Wildman–Crippen MR) is 179 cm³/mol. The third-order valence-corrected chi connectivity index (χ3v) is 8.34. The first-order chi connectivity index (χ1) is 21.5. The third kappa shape index (κ3) is 6.29. The van der Waals surface area contributed by atoms with Crippen molar-refractivity contribution in [3.05, 3.63) is 149 Å². The number of carbonyl (C=O) groups is 3. The molecule has 0 fully saturated rings. The fourth-order valence-electron chi connectivity index (χ4n) is 4.95. The van der Waals surface area contributed by atoms with E-state index in [1.54, 1.807) is 71.3 Å². The molecule has 0 aliphatic heterocycles. The van der Waals surface area contributed by atoms with E-state index in [9.17, 15) is 14.4 Å². The third-order valence-electron chi connectivity index (χ3n) is 7.02. The molecule has 0 bridgehead atoms. The maximum atomic E-state index is 13.5. The van der Waals surface area contributed by atoms with E-state index in [0.29, 0.717) is 21.8 Å². The summed E-state index contributed by atoms with van der Waals surface area (Å²) >= 11 is 7.73. The summed E-state index contributed by atoms with van der Waals surface area (Å²) < 4.78 is 1.77. The molecule has 44 heavy (non-hydrogen) atoms. The summed E-state index contributed by atoms with van der Waals surface area (Å²) in [6, 6.07) is 38.7. The van der Waals surface area contributed by atoms with Crippen LogP contribution in [-0.4, -0.2) is 28.0 Å². The zero-order chi connectivity index (χ0) is 30.5. The second-order valence-corrected chi connectivity index (χ2v) is 11.4. The van der Waals surface area contributed by atoms with Crippen LogP contribution in [-0.2, 0) is 4.79 Å². The van der Waals surface area contributed by atoms with Crippen LogP contribution in [0.3, 0.4) is 0 Å². The number of para-hydroxylation sites is 2. The van der Waals surface area contributed by atoms with Crippen LogP contribution >= 0.6 is 23.4 Å². The molecule has 0 aliphatic carbocycles. The second-order valence-electron chi connectivity index (χ2n) is 9.93. The van der Waals surface area contributed by atoms with Crippen molar-refractivity contribution in [3.8, 4) is 0 Å². The van der Waals surface area contributed by atoms with Crippen LogP contribution < -0.4 is 10.6 Å². The van der Waals surface area contributed by atoms with Crippen LogP contribution in [0.15, 0.2) is 138 Å². The number of halogens is 1. The van der Waals surface area contributed by atoms with E-state index in [2.05, 4.69) is 10.6 Å². The summed E-state index contributed by atoms with van der Waals surface area (Å²) in [6.45, 7) is 0. The Balaban J connectivity index is 1.20. The molecule has 0 spiro atoms. The van der Waals surface area contributed by atoms with E-state index in [4.69, 9.17) is 11.6 Å². The Morgan fingerprint density at radius 1 is 0.727 bits per heavy atom. The summed E-state index contributed by atoms with van der Waals surface area (Å²) in [7, 11) is 0. The van der Waals surface area contributed by atoms with Crippen molar-refractivity contribution >= 4 is 74.7 Å². The van der Waals surface area contributed by atoms with Gasteiger partial charge in [-0.05, 0) is 60.2 Å². The number of carbonyl (C=O) groups excluding carboxylic acids is 3. The minimum Gasteiger partial charge on any atom is -0.321 e. The number of amides is 2. The molecule has 0 saturated heterocycles. The summed E-state index contributed by atoms with van der Waals surface area (Å²) in [6.07, 6.45) is 1.54. The Kier molecular flexibility index (Phi) is 8.59. The molecule has 216 valence electrons. The van der Waals surface area contributed by atoms with Crippen molar-refractivity contribution in [2.24, 2.45) is 0 Å². The van der Waals surface area contributed by atoms with Gasteiger partial charge in [-0.1, -0.05) is 90.5 Å². The van der Waals surface area contributed by atoms with Crippen LogP contribution in [0.25, 0.3) is 27.9 Å². The molecule has 2 N–H and O–H groups in total. The molecular weight excluding hydrogens is 590 g/mol. The molecule has 0 radical (unpaired) electrons. The van der Waals surface area contributed by atoms with Crippen LogP contribution in [0, 0.1) is 0 Å². The SMILES string of the molecule is O=C(Nc1cccc(SCC(=O)n2c3ccccc3c3ccccc32)c1)/C(=C/c1ccccc1Cl)NC(=O)c1ccccc1. The number of hydrogen-bond donors (Lipinski definition) is 2. The van der Waals surface area contributed by atoms with Gasteiger partial charge in [-0.25, -0.2) is 0 Å². The van der Waals surface area contributed by atoms with Gasteiger partial charge in [-0.3, -0.25) is 19.0 Å². The van der Waals surface area contributed by atoms with E-state index in [-0.39, 0.29) is 17.4 Å². The molecule has 8 heteroatoms. The van der Waals surface area contributed by atoms with Gasteiger partial charge < -0.3 is 10.6 Å². The van der Waals surface area contributed by atoms with E-state index in [0.717, 1.165) is 26.7 Å². The molecule has 6 aromatic rings. The maximum Gasteiger partial charge on any atom is 0.272 e. The highest BCUT2D eigenvalue weighted by molar-refractivity contribution is 8.00. The van der Waals surface area contributed by atoms with Gasteiger partial charge in [0.15, 0.2) is 0 Å². The lowest BCUT2D eigenvalue weighted by molar-refractivity contribution is -0.113. The fourth-order valence-corrected chi connectivity index (χ4v) is 5.95. The van der Waals surface area contributed by atoms with Crippen LogP contribution in [0.4, 0.5) is 5.69 Å². The molecule has 6 nitrogen and oxygen atoms in total. The molecule has 2 amide bonds. The summed E-state index contributed by atoms with van der Waals surface area (Å²) in [4.78, 5) is 40.7. The average Bonchev–Trinajstić information content (AvgIpc) is 3.39.